The van der Waals surface area contributed by atoms with Crippen LogP contribution in [-0.4, -0.2) is 25.3 Å². The second-order valence-corrected chi connectivity index (χ2v) is 4.84. The Kier molecular flexibility index (Phi) is 5.55. The Balaban J connectivity index is 3.06. The van der Waals surface area contributed by atoms with E-state index in [9.17, 15) is 22.0 Å². The molecule has 1 rings (SSSR count). The summed E-state index contributed by atoms with van der Waals surface area (Å²) >= 11 is 0. The second-order valence-electron chi connectivity index (χ2n) is 4.84. The molecule has 0 aliphatic carbocycles. The first-order valence-electron chi connectivity index (χ1n) is 6.31. The second kappa shape index (κ2) is 6.60. The zero-order chi connectivity index (χ0) is 16.3. The SMILES string of the molecule is COC(CC(F)(F)C(F)(F)F)c1ccccc1OC(C)C. The molecule has 0 amide bonds. The van der Waals surface area contributed by atoms with E-state index in [-0.39, 0.29) is 17.4 Å². The monoisotopic (exact) mass is 312 g/mol. The molecule has 0 aliphatic heterocycles. The molecule has 1 unspecified atom stereocenters. The van der Waals surface area contributed by atoms with Crippen LogP contribution in [0.4, 0.5) is 22.0 Å². The highest BCUT2D eigenvalue weighted by Crippen LogP contribution is 2.43. The molecule has 0 saturated heterocycles. The van der Waals surface area contributed by atoms with Gasteiger partial charge in [-0.25, -0.2) is 0 Å². The number of hydrogen-bond acceptors (Lipinski definition) is 2. The summed E-state index contributed by atoms with van der Waals surface area (Å²) in [5, 5.41) is 0. The van der Waals surface area contributed by atoms with Crippen molar-refractivity contribution in [3.63, 3.8) is 0 Å². The van der Waals surface area contributed by atoms with Crippen molar-refractivity contribution in [1.29, 1.82) is 0 Å². The first-order valence-corrected chi connectivity index (χ1v) is 6.31. The predicted octanol–water partition coefficient (Wildman–Crippen LogP) is 4.75. The smallest absolute Gasteiger partial charge is 0.453 e. The van der Waals surface area contributed by atoms with Gasteiger partial charge in [-0.15, -0.1) is 0 Å². The van der Waals surface area contributed by atoms with Gasteiger partial charge in [-0.1, -0.05) is 18.2 Å². The molecule has 0 saturated carbocycles. The highest BCUT2D eigenvalue weighted by Gasteiger charge is 2.58. The van der Waals surface area contributed by atoms with Crippen molar-refractivity contribution in [2.45, 2.75) is 44.6 Å². The zero-order valence-corrected chi connectivity index (χ0v) is 11.9. The minimum Gasteiger partial charge on any atom is -0.491 e. The van der Waals surface area contributed by atoms with Crippen LogP contribution in [0.15, 0.2) is 24.3 Å². The lowest BCUT2D eigenvalue weighted by atomic mass is 10.0. The van der Waals surface area contributed by atoms with E-state index in [2.05, 4.69) is 0 Å². The molecule has 0 aromatic heterocycles. The Morgan fingerprint density at radius 3 is 2.10 bits per heavy atom. The van der Waals surface area contributed by atoms with Crippen LogP contribution in [0.25, 0.3) is 0 Å². The fourth-order valence-corrected chi connectivity index (χ4v) is 1.78. The molecule has 0 heterocycles. The maximum atomic E-state index is 13.2. The van der Waals surface area contributed by atoms with Gasteiger partial charge in [0.25, 0.3) is 0 Å². The number of rotatable bonds is 6. The maximum Gasteiger partial charge on any atom is 0.453 e. The van der Waals surface area contributed by atoms with Gasteiger partial charge >= 0.3 is 12.1 Å². The van der Waals surface area contributed by atoms with E-state index in [0.717, 1.165) is 7.11 Å². The van der Waals surface area contributed by atoms with Gasteiger partial charge in [0.2, 0.25) is 0 Å². The summed E-state index contributed by atoms with van der Waals surface area (Å²) in [6.07, 6.45) is -8.77. The largest absolute Gasteiger partial charge is 0.491 e. The van der Waals surface area contributed by atoms with Crippen LogP contribution in [0.5, 0.6) is 5.75 Å². The number of alkyl halides is 5. The van der Waals surface area contributed by atoms with Crippen molar-refractivity contribution in [3.8, 4) is 5.75 Å². The van der Waals surface area contributed by atoms with E-state index in [1.54, 1.807) is 19.9 Å². The van der Waals surface area contributed by atoms with Gasteiger partial charge in [0.05, 0.1) is 18.6 Å². The Morgan fingerprint density at radius 1 is 1.05 bits per heavy atom. The third kappa shape index (κ3) is 4.56. The highest BCUT2D eigenvalue weighted by atomic mass is 19.4. The summed E-state index contributed by atoms with van der Waals surface area (Å²) in [5.74, 6) is -4.60. The van der Waals surface area contributed by atoms with Crippen LogP contribution in [-0.2, 0) is 4.74 Å². The molecule has 0 radical (unpaired) electrons. The molecule has 0 spiro atoms. The van der Waals surface area contributed by atoms with E-state index in [1.165, 1.54) is 18.2 Å². The molecule has 21 heavy (non-hydrogen) atoms. The Labute approximate surface area is 119 Å². The third-order valence-electron chi connectivity index (χ3n) is 2.77. The highest BCUT2D eigenvalue weighted by molar-refractivity contribution is 5.35. The molecule has 0 bridgehead atoms. The molecular weight excluding hydrogens is 295 g/mol. The van der Waals surface area contributed by atoms with E-state index >= 15 is 0 Å². The minimum atomic E-state index is -5.61. The number of ether oxygens (including phenoxy) is 2. The van der Waals surface area contributed by atoms with Crippen molar-refractivity contribution in [1.82, 2.24) is 0 Å². The molecule has 120 valence electrons. The third-order valence-corrected chi connectivity index (χ3v) is 2.77. The summed E-state index contributed by atoms with van der Waals surface area (Å²) in [6, 6.07) is 6.06. The average molecular weight is 312 g/mol. The average Bonchev–Trinajstić information content (AvgIpc) is 2.35. The number of para-hydroxylation sites is 1. The van der Waals surface area contributed by atoms with Gasteiger partial charge in [-0.2, -0.15) is 22.0 Å². The lowest BCUT2D eigenvalue weighted by Crippen LogP contribution is -2.38. The maximum absolute atomic E-state index is 13.2. The quantitative estimate of drug-likeness (QED) is 0.706. The molecule has 1 aromatic carbocycles. The Morgan fingerprint density at radius 2 is 1.62 bits per heavy atom. The van der Waals surface area contributed by atoms with E-state index in [4.69, 9.17) is 9.47 Å². The topological polar surface area (TPSA) is 18.5 Å². The van der Waals surface area contributed by atoms with Gasteiger partial charge < -0.3 is 9.47 Å². The lowest BCUT2D eigenvalue weighted by molar-refractivity contribution is -0.291. The van der Waals surface area contributed by atoms with E-state index in [1.807, 2.05) is 0 Å². The minimum absolute atomic E-state index is 0.164. The summed E-state index contributed by atoms with van der Waals surface area (Å²) in [4.78, 5) is 0. The molecule has 2 nitrogen and oxygen atoms in total. The number of hydrogen-bond donors (Lipinski definition) is 0. The molecule has 0 aliphatic rings. The van der Waals surface area contributed by atoms with Crippen LogP contribution in [0.1, 0.15) is 31.9 Å². The Hall–Kier alpha value is -1.37. The molecule has 0 N–H and O–H groups in total. The van der Waals surface area contributed by atoms with E-state index in [0.29, 0.717) is 0 Å². The molecule has 7 heteroatoms. The number of halogens is 5. The normalized spacial score (nSPS) is 14.3. The summed E-state index contributed by atoms with van der Waals surface area (Å²) in [7, 11) is 1.09. The first kappa shape index (κ1) is 17.7. The fourth-order valence-electron chi connectivity index (χ4n) is 1.78. The van der Waals surface area contributed by atoms with Gasteiger partial charge in [-0.3, -0.25) is 0 Å². The van der Waals surface area contributed by atoms with Crippen LogP contribution < -0.4 is 4.74 Å². The summed E-state index contributed by atoms with van der Waals surface area (Å²) in [5.41, 5.74) is 0.164. The van der Waals surface area contributed by atoms with Gasteiger partial charge in [0, 0.05) is 12.7 Å². The van der Waals surface area contributed by atoms with Crippen molar-refractivity contribution in [3.05, 3.63) is 29.8 Å². The van der Waals surface area contributed by atoms with Crippen molar-refractivity contribution in [2.24, 2.45) is 0 Å². The molecular formula is C14H17F5O2. The van der Waals surface area contributed by atoms with Gasteiger partial charge in [-0.05, 0) is 19.9 Å². The standard InChI is InChI=1S/C14H17F5O2/c1-9(2)21-11-7-5-4-6-10(11)12(20-3)8-13(15,16)14(17,18)19/h4-7,9,12H,8H2,1-3H3. The zero-order valence-electron chi connectivity index (χ0n) is 11.9. The van der Waals surface area contributed by atoms with Crippen molar-refractivity contribution in [2.75, 3.05) is 7.11 Å². The summed E-state index contributed by atoms with van der Waals surface area (Å²) < 4.78 is 73.6. The predicted molar refractivity (Wildman–Crippen MR) is 67.6 cm³/mol. The molecule has 1 aromatic rings. The fraction of sp³-hybridized carbons (Fsp3) is 0.571. The number of benzene rings is 1. The molecule has 0 fully saturated rings. The molecule has 1 atom stereocenters. The van der Waals surface area contributed by atoms with Gasteiger partial charge in [0.1, 0.15) is 5.75 Å². The van der Waals surface area contributed by atoms with Crippen LogP contribution >= 0.6 is 0 Å². The lowest BCUT2D eigenvalue weighted by Gasteiger charge is -2.26. The first-order chi connectivity index (χ1) is 9.58. The van der Waals surface area contributed by atoms with Crippen molar-refractivity contribution >= 4 is 0 Å². The van der Waals surface area contributed by atoms with Crippen LogP contribution in [0, 0.1) is 0 Å². The summed E-state index contributed by atoms with van der Waals surface area (Å²) in [6.45, 7) is 3.45. The van der Waals surface area contributed by atoms with Crippen molar-refractivity contribution < 1.29 is 31.4 Å². The van der Waals surface area contributed by atoms with E-state index < -0.39 is 24.6 Å². The van der Waals surface area contributed by atoms with Gasteiger partial charge in [0.15, 0.2) is 0 Å². The Bertz CT molecular complexity index is 457. The number of methoxy groups -OCH3 is 1. The van der Waals surface area contributed by atoms with Crippen LogP contribution in [0.2, 0.25) is 0 Å². The van der Waals surface area contributed by atoms with Crippen LogP contribution in [0.3, 0.4) is 0 Å².